The number of benzene rings is 1. The number of ketones is 1. The van der Waals surface area contributed by atoms with E-state index in [2.05, 4.69) is 26.0 Å². The summed E-state index contributed by atoms with van der Waals surface area (Å²) in [5, 5.41) is 4.15. The molecule has 22 heavy (non-hydrogen) atoms. The van der Waals surface area contributed by atoms with Crippen LogP contribution in [0.5, 0.6) is 0 Å². The van der Waals surface area contributed by atoms with Crippen LogP contribution in [0.2, 0.25) is 0 Å². The molecule has 1 aliphatic rings. The summed E-state index contributed by atoms with van der Waals surface area (Å²) in [6, 6.07) is 9.07. The van der Waals surface area contributed by atoms with E-state index in [-0.39, 0.29) is 11.8 Å². The Morgan fingerprint density at radius 1 is 1.23 bits per heavy atom. The predicted octanol–water partition coefficient (Wildman–Crippen LogP) is 3.30. The lowest BCUT2D eigenvalue weighted by atomic mass is 10.1. The predicted molar refractivity (Wildman–Crippen MR) is 90.2 cm³/mol. The van der Waals surface area contributed by atoms with Crippen molar-refractivity contribution in [3.05, 3.63) is 46.6 Å². The maximum atomic E-state index is 12.8. The number of carbonyl (C=O) groups excluding carboxylic acids is 1. The van der Waals surface area contributed by atoms with Crippen molar-refractivity contribution in [3.63, 3.8) is 0 Å². The van der Waals surface area contributed by atoms with Gasteiger partial charge in [-0.05, 0) is 37.1 Å². The smallest absolute Gasteiger partial charge is 0.229 e. The molecule has 0 bridgehead atoms. The molecule has 0 atom stereocenters. The lowest BCUT2D eigenvalue weighted by molar-refractivity contribution is 0.106. The number of nitrogen functional groups attached to an aromatic ring is 1. The molecule has 0 spiro atoms. The third-order valence-electron chi connectivity index (χ3n) is 3.81. The van der Waals surface area contributed by atoms with E-state index in [0.717, 1.165) is 30.2 Å². The molecule has 1 saturated carbocycles. The molecule has 6 heteroatoms. The number of nitrogens with two attached hydrogens (primary N) is 1. The lowest BCUT2D eigenvalue weighted by Crippen LogP contribution is -2.27. The number of Topliss-reactive ketones (excluding diaryl/α,β-unsaturated/α-hetero) is 1. The molecular formula is C16H17BrN4O. The van der Waals surface area contributed by atoms with E-state index in [9.17, 15) is 4.79 Å². The zero-order valence-electron chi connectivity index (χ0n) is 12.1. The Labute approximate surface area is 137 Å². The van der Waals surface area contributed by atoms with Crippen LogP contribution in [0.25, 0.3) is 0 Å². The number of halogens is 1. The van der Waals surface area contributed by atoms with Crippen molar-refractivity contribution in [1.82, 2.24) is 9.78 Å². The topological polar surface area (TPSA) is 73.3 Å². The Balaban J connectivity index is 1.99. The number of hydrogen-bond donors (Lipinski definition) is 1. The molecule has 1 aromatic heterocycles. The van der Waals surface area contributed by atoms with Crippen LogP contribution in [0, 0.1) is 0 Å². The van der Waals surface area contributed by atoms with Crippen LogP contribution >= 0.6 is 15.9 Å². The van der Waals surface area contributed by atoms with Crippen molar-refractivity contribution in [1.29, 1.82) is 0 Å². The molecule has 0 unspecified atom stereocenters. The second-order valence-electron chi connectivity index (χ2n) is 5.39. The van der Waals surface area contributed by atoms with Crippen molar-refractivity contribution >= 4 is 33.4 Å². The number of carbonyl (C=O) groups is 1. The fraction of sp³-hybridized carbons (Fsp3) is 0.312. The second kappa shape index (κ2) is 6.44. The summed E-state index contributed by atoms with van der Waals surface area (Å²) in [7, 11) is 0. The lowest BCUT2D eigenvalue weighted by Gasteiger charge is -2.11. The summed E-state index contributed by atoms with van der Waals surface area (Å²) in [5.41, 5.74) is 6.49. The van der Waals surface area contributed by atoms with Gasteiger partial charge in [0.15, 0.2) is 5.84 Å². The number of aromatic nitrogens is 2. The Hall–Kier alpha value is -1.95. The molecule has 0 radical (unpaired) electrons. The van der Waals surface area contributed by atoms with Gasteiger partial charge in [0.1, 0.15) is 5.82 Å². The molecule has 1 fully saturated rings. The van der Waals surface area contributed by atoms with Crippen LogP contribution in [-0.2, 0) is 0 Å². The molecule has 2 aromatic rings. The fourth-order valence-corrected chi connectivity index (χ4v) is 2.90. The first kappa shape index (κ1) is 15.0. The highest BCUT2D eigenvalue weighted by atomic mass is 79.9. The van der Waals surface area contributed by atoms with E-state index < -0.39 is 0 Å². The minimum Gasteiger partial charge on any atom is -0.384 e. The van der Waals surface area contributed by atoms with E-state index in [1.807, 2.05) is 12.1 Å². The van der Waals surface area contributed by atoms with E-state index in [0.29, 0.717) is 17.2 Å². The summed E-state index contributed by atoms with van der Waals surface area (Å²) in [5.74, 6) is 0.564. The standard InChI is InChI=1S/C16H17BrN4O/c17-12-7-5-11(6-8-12)15(22)16(20-13-3-1-2-4-13)21-14(18)9-10-19-21/h5-10,13H,1-4,18H2. The number of nitrogens with zero attached hydrogens (tertiary/aromatic N) is 3. The van der Waals surface area contributed by atoms with Crippen molar-refractivity contribution in [2.24, 2.45) is 4.99 Å². The summed E-state index contributed by atoms with van der Waals surface area (Å²) < 4.78 is 2.36. The van der Waals surface area contributed by atoms with E-state index in [1.165, 1.54) is 4.68 Å². The molecule has 1 heterocycles. The van der Waals surface area contributed by atoms with Crippen molar-refractivity contribution in [2.45, 2.75) is 31.7 Å². The van der Waals surface area contributed by atoms with Gasteiger partial charge in [0.05, 0.1) is 12.2 Å². The highest BCUT2D eigenvalue weighted by Crippen LogP contribution is 2.22. The van der Waals surface area contributed by atoms with Gasteiger partial charge in [0.25, 0.3) is 0 Å². The molecule has 1 aromatic carbocycles. The Bertz CT molecular complexity index is 699. The Morgan fingerprint density at radius 2 is 1.91 bits per heavy atom. The number of aliphatic imine (C=N–C) groups is 1. The molecule has 2 N–H and O–H groups in total. The van der Waals surface area contributed by atoms with Crippen LogP contribution in [0.4, 0.5) is 5.82 Å². The third kappa shape index (κ3) is 3.11. The number of anilines is 1. The van der Waals surface area contributed by atoms with Crippen LogP contribution in [0.1, 0.15) is 36.0 Å². The number of hydrogen-bond acceptors (Lipinski definition) is 4. The average Bonchev–Trinajstić information content (AvgIpc) is 3.16. The van der Waals surface area contributed by atoms with Gasteiger partial charge < -0.3 is 5.73 Å². The summed E-state index contributed by atoms with van der Waals surface area (Å²) in [4.78, 5) is 17.5. The normalized spacial score (nSPS) is 16.1. The van der Waals surface area contributed by atoms with Crippen LogP contribution in [0.15, 0.2) is 46.0 Å². The SMILES string of the molecule is Nc1ccnn1C(=NC1CCCC1)C(=O)c1ccc(Br)cc1. The molecule has 3 rings (SSSR count). The minimum absolute atomic E-state index is 0.158. The molecule has 0 aliphatic heterocycles. The van der Waals surface area contributed by atoms with E-state index in [1.54, 1.807) is 24.4 Å². The maximum absolute atomic E-state index is 12.8. The first-order valence-corrected chi connectivity index (χ1v) is 8.12. The first-order valence-electron chi connectivity index (χ1n) is 7.33. The Morgan fingerprint density at radius 3 is 2.50 bits per heavy atom. The Kier molecular flexibility index (Phi) is 4.38. The van der Waals surface area contributed by atoms with Gasteiger partial charge in [0.2, 0.25) is 5.78 Å². The fourth-order valence-electron chi connectivity index (χ4n) is 2.64. The second-order valence-corrected chi connectivity index (χ2v) is 6.31. The van der Waals surface area contributed by atoms with Crippen molar-refractivity contribution in [2.75, 3.05) is 5.73 Å². The van der Waals surface area contributed by atoms with Crippen LogP contribution < -0.4 is 5.73 Å². The van der Waals surface area contributed by atoms with Gasteiger partial charge in [0, 0.05) is 16.1 Å². The average molecular weight is 361 g/mol. The van der Waals surface area contributed by atoms with Crippen molar-refractivity contribution in [3.8, 4) is 0 Å². The zero-order chi connectivity index (χ0) is 15.5. The molecule has 114 valence electrons. The van der Waals surface area contributed by atoms with Gasteiger partial charge in [-0.15, -0.1) is 0 Å². The zero-order valence-corrected chi connectivity index (χ0v) is 13.7. The van der Waals surface area contributed by atoms with Crippen LogP contribution in [-0.4, -0.2) is 27.4 Å². The van der Waals surface area contributed by atoms with Gasteiger partial charge in [-0.3, -0.25) is 9.79 Å². The van der Waals surface area contributed by atoms with Gasteiger partial charge in [-0.1, -0.05) is 28.8 Å². The monoisotopic (exact) mass is 360 g/mol. The van der Waals surface area contributed by atoms with Crippen molar-refractivity contribution < 1.29 is 4.79 Å². The highest BCUT2D eigenvalue weighted by molar-refractivity contribution is 9.10. The number of rotatable bonds is 3. The largest absolute Gasteiger partial charge is 0.384 e. The summed E-state index contributed by atoms with van der Waals surface area (Å²) in [6.07, 6.45) is 5.91. The first-order chi connectivity index (χ1) is 10.6. The van der Waals surface area contributed by atoms with E-state index >= 15 is 0 Å². The highest BCUT2D eigenvalue weighted by Gasteiger charge is 2.22. The minimum atomic E-state index is -0.158. The third-order valence-corrected chi connectivity index (χ3v) is 4.34. The molecule has 1 aliphatic carbocycles. The van der Waals surface area contributed by atoms with E-state index in [4.69, 9.17) is 5.73 Å². The quantitative estimate of drug-likeness (QED) is 0.518. The van der Waals surface area contributed by atoms with Gasteiger partial charge in [-0.25, -0.2) is 0 Å². The van der Waals surface area contributed by atoms with Gasteiger partial charge in [-0.2, -0.15) is 9.78 Å². The summed E-state index contributed by atoms with van der Waals surface area (Å²) >= 11 is 3.37. The maximum Gasteiger partial charge on any atom is 0.229 e. The molecule has 0 saturated heterocycles. The van der Waals surface area contributed by atoms with Gasteiger partial charge >= 0.3 is 0 Å². The summed E-state index contributed by atoms with van der Waals surface area (Å²) in [6.45, 7) is 0. The van der Waals surface area contributed by atoms with Crippen LogP contribution in [0.3, 0.4) is 0 Å². The molecule has 5 nitrogen and oxygen atoms in total. The molecular weight excluding hydrogens is 344 g/mol. The molecule has 0 amide bonds.